The second-order valence-corrected chi connectivity index (χ2v) is 10.3. The Balaban J connectivity index is 1.40. The van der Waals surface area contributed by atoms with Crippen LogP contribution in [0.1, 0.15) is 43.7 Å². The second-order valence-electron chi connectivity index (χ2n) is 10.3. The topological polar surface area (TPSA) is 65.0 Å². The lowest BCUT2D eigenvalue weighted by Crippen LogP contribution is -2.04. The fourth-order valence-corrected chi connectivity index (χ4v) is 4.70. The molecule has 0 aliphatic heterocycles. The van der Waals surface area contributed by atoms with Gasteiger partial charge in [-0.15, -0.1) is 0 Å². The molecule has 1 N–H and O–H groups in total. The number of rotatable bonds is 12. The Labute approximate surface area is 252 Å². The van der Waals surface area contributed by atoms with Gasteiger partial charge in [0.25, 0.3) is 0 Å². The van der Waals surface area contributed by atoms with Crippen molar-refractivity contribution in [1.82, 2.24) is 0 Å². The van der Waals surface area contributed by atoms with Crippen LogP contribution in [0.3, 0.4) is 0 Å². The van der Waals surface area contributed by atoms with Crippen LogP contribution in [0.4, 0.5) is 0 Å². The molecule has 216 valence electrons. The van der Waals surface area contributed by atoms with E-state index in [1.807, 2.05) is 117 Å². The van der Waals surface area contributed by atoms with E-state index in [-0.39, 0.29) is 23.7 Å². The fourth-order valence-electron chi connectivity index (χ4n) is 4.70. The molecule has 5 heteroatoms. The number of phenols is 1. The molecule has 0 saturated carbocycles. The van der Waals surface area contributed by atoms with Crippen LogP contribution in [0, 0.1) is 13.8 Å². The average molecular weight is 571 g/mol. The molecule has 0 atom stereocenters. The highest BCUT2D eigenvalue weighted by atomic mass is 16.5. The molecule has 5 aromatic rings. The largest absolute Gasteiger partial charge is 0.507 e. The molecule has 0 aliphatic carbocycles. The van der Waals surface area contributed by atoms with Gasteiger partial charge in [-0.25, -0.2) is 0 Å². The zero-order valence-electron chi connectivity index (χ0n) is 24.3. The minimum atomic E-state index is -0.365. The third-order valence-corrected chi connectivity index (χ3v) is 7.00. The Bertz CT molecular complexity index is 1690. The lowest BCUT2D eigenvalue weighted by atomic mass is 10.0. The predicted molar refractivity (Wildman–Crippen MR) is 170 cm³/mol. The van der Waals surface area contributed by atoms with Gasteiger partial charge in [0, 0.05) is 5.56 Å². The maximum Gasteiger partial charge on any atom is 0.193 e. The van der Waals surface area contributed by atoms with Gasteiger partial charge in [0.1, 0.15) is 36.9 Å². The molecule has 5 aromatic carbocycles. The van der Waals surface area contributed by atoms with Gasteiger partial charge in [-0.3, -0.25) is 4.79 Å². The molecule has 5 rings (SSSR count). The average Bonchev–Trinajstić information content (AvgIpc) is 3.03. The number of ether oxygens (including phenoxy) is 3. The van der Waals surface area contributed by atoms with Crippen molar-refractivity contribution in [2.75, 3.05) is 0 Å². The van der Waals surface area contributed by atoms with Gasteiger partial charge in [-0.05, 0) is 65.9 Å². The molecule has 0 aliphatic rings. The van der Waals surface area contributed by atoms with Crippen molar-refractivity contribution in [2.45, 2.75) is 33.7 Å². The first kappa shape index (κ1) is 29.2. The monoisotopic (exact) mass is 570 g/mol. The number of hydrogen-bond acceptors (Lipinski definition) is 5. The third kappa shape index (κ3) is 7.72. The Kier molecular flexibility index (Phi) is 9.55. The summed E-state index contributed by atoms with van der Waals surface area (Å²) in [5, 5.41) is 10.7. The fraction of sp³-hybridized carbons (Fsp3) is 0.132. The molecular weight excluding hydrogens is 536 g/mol. The van der Waals surface area contributed by atoms with Crippen LogP contribution in [0.2, 0.25) is 0 Å². The first-order chi connectivity index (χ1) is 21.0. The smallest absolute Gasteiger partial charge is 0.193 e. The van der Waals surface area contributed by atoms with Crippen molar-refractivity contribution in [3.05, 3.63) is 160 Å². The van der Waals surface area contributed by atoms with Crippen LogP contribution in [-0.4, -0.2) is 10.9 Å². The molecule has 0 radical (unpaired) electrons. The molecule has 0 saturated heterocycles. The van der Waals surface area contributed by atoms with Crippen molar-refractivity contribution < 1.29 is 24.1 Å². The highest BCUT2D eigenvalue weighted by Gasteiger charge is 2.18. The predicted octanol–water partition coefficient (Wildman–Crippen LogP) is 8.64. The van der Waals surface area contributed by atoms with E-state index in [2.05, 4.69) is 0 Å². The normalized spacial score (nSPS) is 10.9. The van der Waals surface area contributed by atoms with E-state index >= 15 is 0 Å². The number of benzene rings is 5. The summed E-state index contributed by atoms with van der Waals surface area (Å²) in [6, 6.07) is 36.7. The quantitative estimate of drug-likeness (QED) is 0.120. The highest BCUT2D eigenvalue weighted by molar-refractivity contribution is 6.10. The summed E-state index contributed by atoms with van der Waals surface area (Å²) in [5.74, 6) is 1.08. The number of carbonyl (C=O) groups excluding carboxylic acids is 1. The molecular formula is C38H34O5. The molecule has 0 amide bonds. The number of hydrogen-bond donors (Lipinski definition) is 1. The van der Waals surface area contributed by atoms with Gasteiger partial charge >= 0.3 is 0 Å². The first-order valence-electron chi connectivity index (χ1n) is 14.2. The van der Waals surface area contributed by atoms with E-state index in [1.165, 1.54) is 6.08 Å². The van der Waals surface area contributed by atoms with E-state index in [1.54, 1.807) is 18.2 Å². The third-order valence-electron chi connectivity index (χ3n) is 7.00. The van der Waals surface area contributed by atoms with Gasteiger partial charge in [-0.1, -0.05) is 103 Å². The van der Waals surface area contributed by atoms with E-state index in [4.69, 9.17) is 14.2 Å². The van der Waals surface area contributed by atoms with Crippen LogP contribution in [0.5, 0.6) is 23.0 Å². The number of carbonyl (C=O) groups is 1. The maximum absolute atomic E-state index is 13.4. The molecule has 0 fully saturated rings. The minimum Gasteiger partial charge on any atom is -0.507 e. The second kappa shape index (κ2) is 14.1. The van der Waals surface area contributed by atoms with Gasteiger partial charge in [0.15, 0.2) is 17.3 Å². The van der Waals surface area contributed by atoms with E-state index in [0.29, 0.717) is 30.5 Å². The summed E-state index contributed by atoms with van der Waals surface area (Å²) in [6.07, 6.45) is 3.18. The zero-order chi connectivity index (χ0) is 30.0. The number of phenolic OH excluding ortho intramolecular Hbond substituents is 1. The molecule has 0 aromatic heterocycles. The Hall–Kier alpha value is -5.29. The van der Waals surface area contributed by atoms with Crippen molar-refractivity contribution in [3.8, 4) is 23.0 Å². The molecule has 0 spiro atoms. The Morgan fingerprint density at radius 3 is 1.72 bits per heavy atom. The van der Waals surface area contributed by atoms with Crippen molar-refractivity contribution in [2.24, 2.45) is 0 Å². The molecule has 5 nitrogen and oxygen atoms in total. The maximum atomic E-state index is 13.4. The summed E-state index contributed by atoms with van der Waals surface area (Å²) in [6.45, 7) is 4.83. The van der Waals surface area contributed by atoms with Gasteiger partial charge in [0.2, 0.25) is 0 Å². The van der Waals surface area contributed by atoms with Gasteiger partial charge in [-0.2, -0.15) is 0 Å². The molecule has 43 heavy (non-hydrogen) atoms. The van der Waals surface area contributed by atoms with E-state index in [0.717, 1.165) is 33.4 Å². The Morgan fingerprint density at radius 1 is 0.651 bits per heavy atom. The van der Waals surface area contributed by atoms with Crippen LogP contribution < -0.4 is 14.2 Å². The van der Waals surface area contributed by atoms with E-state index < -0.39 is 0 Å². The number of aryl methyl sites for hydroxylation is 1. The van der Waals surface area contributed by atoms with Crippen LogP contribution in [0.15, 0.2) is 121 Å². The van der Waals surface area contributed by atoms with Crippen molar-refractivity contribution in [3.63, 3.8) is 0 Å². The van der Waals surface area contributed by atoms with Crippen molar-refractivity contribution >= 4 is 11.9 Å². The van der Waals surface area contributed by atoms with Gasteiger partial charge < -0.3 is 19.3 Å². The SMILES string of the molecule is Cc1cc(O)c(C(=O)/C=C/c2ccc(OCc3ccccc3)c(OCc3ccccc3)c2C)c(OCc2ccccc2)c1. The number of aromatic hydroxyl groups is 1. The number of ketones is 1. The first-order valence-corrected chi connectivity index (χ1v) is 14.2. The molecule has 0 unspecified atom stereocenters. The summed E-state index contributed by atoms with van der Waals surface area (Å²) < 4.78 is 18.5. The minimum absolute atomic E-state index is 0.119. The molecule has 0 bridgehead atoms. The lowest BCUT2D eigenvalue weighted by Gasteiger charge is -2.17. The van der Waals surface area contributed by atoms with Crippen LogP contribution in [-0.2, 0) is 19.8 Å². The standard InChI is InChI=1S/C38H34O5/c1-27-22-34(40)37(36(23-27)42-25-30-14-8-4-9-15-30)33(39)20-18-32-19-21-35(41-24-29-12-6-3-7-13-29)38(28(32)2)43-26-31-16-10-5-11-17-31/h3-23,40H,24-26H2,1-2H3/b20-18+. The summed E-state index contributed by atoms with van der Waals surface area (Å²) in [7, 11) is 0. The lowest BCUT2D eigenvalue weighted by molar-refractivity contribution is 0.104. The summed E-state index contributed by atoms with van der Waals surface area (Å²) in [5.41, 5.74) is 5.59. The van der Waals surface area contributed by atoms with Crippen LogP contribution >= 0.6 is 0 Å². The van der Waals surface area contributed by atoms with Crippen molar-refractivity contribution in [1.29, 1.82) is 0 Å². The zero-order valence-corrected chi connectivity index (χ0v) is 24.3. The summed E-state index contributed by atoms with van der Waals surface area (Å²) in [4.78, 5) is 13.4. The van der Waals surface area contributed by atoms with E-state index in [9.17, 15) is 9.90 Å². The molecule has 0 heterocycles. The highest BCUT2D eigenvalue weighted by Crippen LogP contribution is 2.36. The van der Waals surface area contributed by atoms with Gasteiger partial charge in [0.05, 0.1) is 0 Å². The Morgan fingerprint density at radius 2 is 1.16 bits per heavy atom. The number of allylic oxidation sites excluding steroid dienone is 1. The van der Waals surface area contributed by atoms with Crippen LogP contribution in [0.25, 0.3) is 6.08 Å². The summed E-state index contributed by atoms with van der Waals surface area (Å²) >= 11 is 0.